The standard InChI is InChI=1S/C22H20N4OS2/c1-14(27)24-21-20(22-25-17-4-2-3-5-18(17)28-22)16-8-11-26(13-19(16)29-21)12-15-6-9-23-10-7-15/h2-7,9-10H,8,11-13H2,1H3,(H,24,27). The summed E-state index contributed by atoms with van der Waals surface area (Å²) in [5.41, 5.74) is 4.73. The second-order valence-corrected chi connectivity index (χ2v) is 9.33. The van der Waals surface area contributed by atoms with Crippen LogP contribution in [0, 0.1) is 0 Å². The van der Waals surface area contributed by atoms with Gasteiger partial charge >= 0.3 is 0 Å². The minimum atomic E-state index is -0.0420. The number of fused-ring (bicyclic) bond motifs is 2. The Morgan fingerprint density at radius 2 is 2.00 bits per heavy atom. The zero-order chi connectivity index (χ0) is 19.8. The predicted molar refractivity (Wildman–Crippen MR) is 119 cm³/mol. The number of nitrogens with zero attached hydrogens (tertiary/aromatic N) is 3. The molecule has 0 aliphatic carbocycles. The Morgan fingerprint density at radius 3 is 2.79 bits per heavy atom. The molecular formula is C22H20N4OS2. The number of nitrogens with one attached hydrogen (secondary N) is 1. The molecule has 4 heterocycles. The van der Waals surface area contributed by atoms with E-state index in [-0.39, 0.29) is 5.91 Å². The zero-order valence-corrected chi connectivity index (χ0v) is 17.6. The maximum Gasteiger partial charge on any atom is 0.221 e. The number of thiazole rings is 1. The highest BCUT2D eigenvalue weighted by Crippen LogP contribution is 2.45. The monoisotopic (exact) mass is 420 g/mol. The summed E-state index contributed by atoms with van der Waals surface area (Å²) in [7, 11) is 0. The van der Waals surface area contributed by atoms with E-state index in [0.29, 0.717) is 0 Å². The molecule has 7 heteroatoms. The third-order valence-corrected chi connectivity index (χ3v) is 7.27. The first kappa shape index (κ1) is 18.4. The lowest BCUT2D eigenvalue weighted by molar-refractivity contribution is -0.114. The lowest BCUT2D eigenvalue weighted by Gasteiger charge is -2.27. The molecule has 1 aliphatic heterocycles. The van der Waals surface area contributed by atoms with E-state index in [4.69, 9.17) is 4.98 Å². The molecule has 0 radical (unpaired) electrons. The van der Waals surface area contributed by atoms with Gasteiger partial charge in [0.25, 0.3) is 0 Å². The SMILES string of the molecule is CC(=O)Nc1sc2c(c1-c1nc3ccccc3s1)CCN(Cc1ccncc1)C2. The topological polar surface area (TPSA) is 58.1 Å². The van der Waals surface area contributed by atoms with Crippen molar-refractivity contribution in [3.05, 3.63) is 64.8 Å². The zero-order valence-electron chi connectivity index (χ0n) is 16.0. The highest BCUT2D eigenvalue weighted by atomic mass is 32.1. The summed E-state index contributed by atoms with van der Waals surface area (Å²) in [5.74, 6) is -0.0420. The largest absolute Gasteiger partial charge is 0.317 e. The van der Waals surface area contributed by atoms with E-state index >= 15 is 0 Å². The lowest BCUT2D eigenvalue weighted by atomic mass is 10.0. The number of para-hydroxylation sites is 1. The van der Waals surface area contributed by atoms with Gasteiger partial charge in [0.2, 0.25) is 5.91 Å². The molecule has 1 aromatic carbocycles. The average Bonchev–Trinajstić information content (AvgIpc) is 3.28. The van der Waals surface area contributed by atoms with Crippen molar-refractivity contribution < 1.29 is 4.79 Å². The normalized spacial score (nSPS) is 14.1. The van der Waals surface area contributed by atoms with Crippen molar-refractivity contribution >= 4 is 43.8 Å². The number of rotatable bonds is 4. The van der Waals surface area contributed by atoms with Crippen LogP contribution in [0.5, 0.6) is 0 Å². The van der Waals surface area contributed by atoms with Crippen LogP contribution in [0.2, 0.25) is 0 Å². The number of aromatic nitrogens is 2. The summed E-state index contributed by atoms with van der Waals surface area (Å²) >= 11 is 3.39. The number of pyridine rings is 1. The second-order valence-electron chi connectivity index (χ2n) is 7.19. The van der Waals surface area contributed by atoms with Crippen molar-refractivity contribution in [2.45, 2.75) is 26.4 Å². The predicted octanol–water partition coefficient (Wildman–Crippen LogP) is 4.94. The van der Waals surface area contributed by atoms with Crippen LogP contribution in [-0.2, 0) is 24.3 Å². The Balaban J connectivity index is 1.51. The molecule has 0 saturated heterocycles. The van der Waals surface area contributed by atoms with Crippen LogP contribution < -0.4 is 5.32 Å². The molecule has 1 aliphatic rings. The summed E-state index contributed by atoms with van der Waals surface area (Å²) in [6.07, 6.45) is 4.65. The molecule has 0 fully saturated rings. The van der Waals surface area contributed by atoms with Crippen LogP contribution in [0.15, 0.2) is 48.8 Å². The van der Waals surface area contributed by atoms with E-state index in [2.05, 4.69) is 33.4 Å². The molecular weight excluding hydrogens is 400 g/mol. The molecule has 1 N–H and O–H groups in total. The van der Waals surface area contributed by atoms with Crippen LogP contribution in [0.3, 0.4) is 0 Å². The highest BCUT2D eigenvalue weighted by molar-refractivity contribution is 7.22. The molecule has 0 saturated carbocycles. The van der Waals surface area contributed by atoms with Gasteiger partial charge in [-0.3, -0.25) is 14.7 Å². The third kappa shape index (κ3) is 3.69. The van der Waals surface area contributed by atoms with Crippen molar-refractivity contribution in [2.75, 3.05) is 11.9 Å². The maximum atomic E-state index is 11.8. The van der Waals surface area contributed by atoms with Crippen molar-refractivity contribution in [2.24, 2.45) is 0 Å². The molecule has 5 rings (SSSR count). The number of hydrogen-bond donors (Lipinski definition) is 1. The van der Waals surface area contributed by atoms with Crippen LogP contribution in [0.1, 0.15) is 22.9 Å². The van der Waals surface area contributed by atoms with Gasteiger partial charge in [0.1, 0.15) is 10.0 Å². The summed E-state index contributed by atoms with van der Waals surface area (Å²) in [4.78, 5) is 24.6. The van der Waals surface area contributed by atoms with E-state index in [1.54, 1.807) is 29.6 Å². The Bertz CT molecular complexity index is 1150. The first-order valence-electron chi connectivity index (χ1n) is 9.56. The highest BCUT2D eigenvalue weighted by Gasteiger charge is 2.27. The summed E-state index contributed by atoms with van der Waals surface area (Å²) < 4.78 is 1.17. The summed E-state index contributed by atoms with van der Waals surface area (Å²) in [6, 6.07) is 12.3. The van der Waals surface area contributed by atoms with Gasteiger partial charge in [-0.15, -0.1) is 22.7 Å². The molecule has 0 bridgehead atoms. The quantitative estimate of drug-likeness (QED) is 0.508. The van der Waals surface area contributed by atoms with Gasteiger partial charge in [-0.25, -0.2) is 4.98 Å². The van der Waals surface area contributed by atoms with Crippen molar-refractivity contribution in [3.63, 3.8) is 0 Å². The fourth-order valence-electron chi connectivity index (χ4n) is 3.79. The van der Waals surface area contributed by atoms with Crippen molar-refractivity contribution in [3.8, 4) is 10.6 Å². The molecule has 1 amide bonds. The van der Waals surface area contributed by atoms with Crippen molar-refractivity contribution in [1.82, 2.24) is 14.9 Å². The van der Waals surface area contributed by atoms with Gasteiger partial charge in [0.15, 0.2) is 0 Å². The number of thiophene rings is 1. The number of carbonyl (C=O) groups is 1. The number of benzene rings is 1. The molecule has 5 nitrogen and oxygen atoms in total. The molecule has 0 atom stereocenters. The Kier molecular flexibility index (Phi) is 4.87. The summed E-state index contributed by atoms with van der Waals surface area (Å²) in [6.45, 7) is 4.35. The minimum Gasteiger partial charge on any atom is -0.317 e. The number of carbonyl (C=O) groups excluding carboxylic acids is 1. The van der Waals surface area contributed by atoms with E-state index in [9.17, 15) is 4.79 Å². The first-order chi connectivity index (χ1) is 14.2. The fourth-order valence-corrected chi connectivity index (χ4v) is 6.24. The molecule has 29 heavy (non-hydrogen) atoms. The maximum absolute atomic E-state index is 11.8. The van der Waals surface area contributed by atoms with Gasteiger partial charge in [0, 0.05) is 49.4 Å². The first-order valence-corrected chi connectivity index (χ1v) is 11.2. The average molecular weight is 421 g/mol. The van der Waals surface area contributed by atoms with Crippen LogP contribution in [0.4, 0.5) is 5.00 Å². The van der Waals surface area contributed by atoms with Gasteiger partial charge in [0.05, 0.1) is 10.2 Å². The van der Waals surface area contributed by atoms with E-state index < -0.39 is 0 Å². The molecule has 0 spiro atoms. The van der Waals surface area contributed by atoms with E-state index in [1.165, 1.54) is 20.7 Å². The van der Waals surface area contributed by atoms with Crippen LogP contribution in [0.25, 0.3) is 20.8 Å². The number of hydrogen-bond acceptors (Lipinski definition) is 6. The number of amides is 1. The van der Waals surface area contributed by atoms with Gasteiger partial charge < -0.3 is 5.32 Å². The Hall–Kier alpha value is -2.61. The Labute approximate surface area is 177 Å². The molecule has 146 valence electrons. The number of anilines is 1. The second kappa shape index (κ2) is 7.67. The van der Waals surface area contributed by atoms with Crippen molar-refractivity contribution in [1.29, 1.82) is 0 Å². The summed E-state index contributed by atoms with van der Waals surface area (Å²) in [5, 5.41) is 4.98. The minimum absolute atomic E-state index is 0.0420. The smallest absolute Gasteiger partial charge is 0.221 e. The molecule has 3 aromatic heterocycles. The molecule has 0 unspecified atom stereocenters. The molecule has 4 aromatic rings. The van der Waals surface area contributed by atoms with E-state index in [1.807, 2.05) is 30.6 Å². The van der Waals surface area contributed by atoms with Gasteiger partial charge in [-0.1, -0.05) is 12.1 Å². The fraction of sp³-hybridized carbons (Fsp3) is 0.227. The lowest BCUT2D eigenvalue weighted by Crippen LogP contribution is -2.29. The third-order valence-electron chi connectivity index (χ3n) is 5.09. The van der Waals surface area contributed by atoms with Gasteiger partial charge in [-0.05, 0) is 41.8 Å². The Morgan fingerprint density at radius 1 is 1.17 bits per heavy atom. The van der Waals surface area contributed by atoms with E-state index in [0.717, 1.165) is 47.1 Å². The van der Waals surface area contributed by atoms with Crippen LogP contribution >= 0.6 is 22.7 Å². The van der Waals surface area contributed by atoms with Crippen LogP contribution in [-0.4, -0.2) is 27.3 Å². The van der Waals surface area contributed by atoms with Gasteiger partial charge in [-0.2, -0.15) is 0 Å².